The number of fused-ring (bicyclic) bond motifs is 1. The number of amides is 1. The van der Waals surface area contributed by atoms with E-state index in [1.165, 1.54) is 6.33 Å². The van der Waals surface area contributed by atoms with Gasteiger partial charge in [0, 0.05) is 24.4 Å². The van der Waals surface area contributed by atoms with E-state index in [2.05, 4.69) is 27.4 Å². The first-order chi connectivity index (χ1) is 14.7. The van der Waals surface area contributed by atoms with Crippen LogP contribution in [-0.4, -0.2) is 34.8 Å². The van der Waals surface area contributed by atoms with Crippen LogP contribution < -0.4 is 20.3 Å². The van der Waals surface area contributed by atoms with Gasteiger partial charge in [-0.3, -0.25) is 10.0 Å². The van der Waals surface area contributed by atoms with E-state index in [0.29, 0.717) is 37.5 Å². The van der Waals surface area contributed by atoms with Crippen LogP contribution in [0.15, 0.2) is 48.8 Å². The van der Waals surface area contributed by atoms with Crippen LogP contribution in [0.25, 0.3) is 10.9 Å². The molecule has 0 spiro atoms. The molecule has 158 valence electrons. The van der Waals surface area contributed by atoms with Gasteiger partial charge in [-0.1, -0.05) is 30.3 Å². The van der Waals surface area contributed by atoms with Crippen molar-refractivity contribution in [2.75, 3.05) is 19.0 Å². The maximum atomic E-state index is 11.0. The van der Waals surface area contributed by atoms with Gasteiger partial charge in [-0.05, 0) is 30.9 Å². The Morgan fingerprint density at radius 2 is 1.90 bits per heavy atom. The lowest BCUT2D eigenvalue weighted by molar-refractivity contribution is -0.129. The first-order valence-corrected chi connectivity index (χ1v) is 9.87. The number of benzene rings is 2. The zero-order chi connectivity index (χ0) is 21.2. The number of carbonyl (C=O) groups excluding carboxylic acids is 1. The van der Waals surface area contributed by atoms with Crippen LogP contribution in [0.4, 0.5) is 5.82 Å². The number of nitrogens with one attached hydrogen (secondary N) is 2. The number of methoxy groups -OCH3 is 1. The van der Waals surface area contributed by atoms with Crippen molar-refractivity contribution in [2.24, 2.45) is 0 Å². The Balaban J connectivity index is 1.67. The molecule has 0 radical (unpaired) electrons. The molecule has 1 heterocycles. The number of aromatic nitrogens is 2. The zero-order valence-electron chi connectivity index (χ0n) is 16.9. The third-order valence-electron chi connectivity index (χ3n) is 4.65. The number of hydrogen-bond acceptors (Lipinski definition) is 7. The summed E-state index contributed by atoms with van der Waals surface area (Å²) in [4.78, 5) is 19.8. The van der Waals surface area contributed by atoms with Crippen LogP contribution in [-0.2, 0) is 11.3 Å². The molecule has 0 atom stereocenters. The smallest absolute Gasteiger partial charge is 0.243 e. The Morgan fingerprint density at radius 3 is 2.67 bits per heavy atom. The molecule has 3 aromatic rings. The van der Waals surface area contributed by atoms with E-state index in [9.17, 15) is 4.79 Å². The van der Waals surface area contributed by atoms with E-state index in [0.717, 1.165) is 35.1 Å². The van der Waals surface area contributed by atoms with E-state index < -0.39 is 0 Å². The molecule has 0 aliphatic carbocycles. The average Bonchev–Trinajstić information content (AvgIpc) is 2.79. The standard InChI is InChI=1S/C22H26N4O4/c1-29-19-13-18-17(12-20(19)30-11-7-3-6-10-21(27)26-28)22(25-15-24-18)23-14-16-8-4-2-5-9-16/h2,4-5,8-9,12-13,15,28H,3,6-7,10-11,14H2,1H3,(H,26,27)(H,23,24,25). The molecule has 8 nitrogen and oxygen atoms in total. The van der Waals surface area contributed by atoms with Gasteiger partial charge in [0.05, 0.1) is 19.2 Å². The van der Waals surface area contributed by atoms with Gasteiger partial charge in [-0.2, -0.15) is 0 Å². The van der Waals surface area contributed by atoms with Crippen molar-refractivity contribution in [3.63, 3.8) is 0 Å². The Bertz CT molecular complexity index is 966. The topological polar surface area (TPSA) is 106 Å². The summed E-state index contributed by atoms with van der Waals surface area (Å²) in [5.74, 6) is 1.58. The van der Waals surface area contributed by atoms with Gasteiger partial charge in [0.1, 0.15) is 12.1 Å². The van der Waals surface area contributed by atoms with E-state index in [4.69, 9.17) is 14.7 Å². The Hall–Kier alpha value is -3.39. The lowest BCUT2D eigenvalue weighted by Gasteiger charge is -2.14. The highest BCUT2D eigenvalue weighted by atomic mass is 16.5. The molecule has 1 aromatic heterocycles. The van der Waals surface area contributed by atoms with E-state index in [1.807, 2.05) is 30.3 Å². The summed E-state index contributed by atoms with van der Waals surface area (Å²) in [5, 5.41) is 12.7. The van der Waals surface area contributed by atoms with Gasteiger partial charge in [0.15, 0.2) is 11.5 Å². The second kappa shape index (κ2) is 11.0. The van der Waals surface area contributed by atoms with Crippen molar-refractivity contribution in [1.82, 2.24) is 15.4 Å². The number of hydroxylamine groups is 1. The van der Waals surface area contributed by atoms with Crippen molar-refractivity contribution in [2.45, 2.75) is 32.2 Å². The Morgan fingerprint density at radius 1 is 1.07 bits per heavy atom. The van der Waals surface area contributed by atoms with Crippen LogP contribution >= 0.6 is 0 Å². The van der Waals surface area contributed by atoms with Gasteiger partial charge in [0.2, 0.25) is 5.91 Å². The van der Waals surface area contributed by atoms with E-state index in [-0.39, 0.29) is 5.91 Å². The first-order valence-electron chi connectivity index (χ1n) is 9.87. The molecule has 0 saturated heterocycles. The van der Waals surface area contributed by atoms with Crippen molar-refractivity contribution in [3.05, 3.63) is 54.4 Å². The molecule has 2 aromatic carbocycles. The minimum absolute atomic E-state index is 0.295. The minimum Gasteiger partial charge on any atom is -0.493 e. The molecule has 3 N–H and O–H groups in total. The van der Waals surface area contributed by atoms with Crippen LogP contribution in [0, 0.1) is 0 Å². The Kier molecular flexibility index (Phi) is 7.79. The van der Waals surface area contributed by atoms with E-state index in [1.54, 1.807) is 12.6 Å². The number of ether oxygens (including phenoxy) is 2. The molecular weight excluding hydrogens is 384 g/mol. The number of hydrogen-bond donors (Lipinski definition) is 3. The zero-order valence-corrected chi connectivity index (χ0v) is 16.9. The van der Waals surface area contributed by atoms with Crippen molar-refractivity contribution < 1.29 is 19.5 Å². The summed E-state index contributed by atoms with van der Waals surface area (Å²) >= 11 is 0. The van der Waals surface area contributed by atoms with Gasteiger partial charge >= 0.3 is 0 Å². The summed E-state index contributed by atoms with van der Waals surface area (Å²) in [6, 6.07) is 13.8. The number of anilines is 1. The highest BCUT2D eigenvalue weighted by Crippen LogP contribution is 2.34. The SMILES string of the molecule is COc1cc2ncnc(NCc3ccccc3)c2cc1OCCCCCC(=O)NO. The average molecular weight is 410 g/mol. The molecule has 8 heteroatoms. The molecule has 0 bridgehead atoms. The molecule has 0 saturated carbocycles. The maximum absolute atomic E-state index is 11.0. The molecule has 0 aliphatic heterocycles. The predicted molar refractivity (Wildman–Crippen MR) is 114 cm³/mol. The lowest BCUT2D eigenvalue weighted by atomic mass is 10.2. The fourth-order valence-corrected chi connectivity index (χ4v) is 3.06. The number of carbonyl (C=O) groups is 1. The van der Waals surface area contributed by atoms with Gasteiger partial charge in [-0.15, -0.1) is 0 Å². The second-order valence-corrected chi connectivity index (χ2v) is 6.78. The molecule has 0 aliphatic rings. The third kappa shape index (κ3) is 5.81. The fraction of sp³-hybridized carbons (Fsp3) is 0.318. The van der Waals surface area contributed by atoms with Crippen LogP contribution in [0.5, 0.6) is 11.5 Å². The van der Waals surface area contributed by atoms with Gasteiger partial charge in [-0.25, -0.2) is 15.4 Å². The molecule has 0 fully saturated rings. The fourth-order valence-electron chi connectivity index (χ4n) is 3.06. The minimum atomic E-state index is -0.373. The molecule has 0 unspecified atom stereocenters. The van der Waals surface area contributed by atoms with Crippen LogP contribution in [0.2, 0.25) is 0 Å². The van der Waals surface area contributed by atoms with Gasteiger partial charge < -0.3 is 14.8 Å². The molecule has 3 rings (SSSR count). The second-order valence-electron chi connectivity index (χ2n) is 6.78. The quantitative estimate of drug-likeness (QED) is 0.251. The first kappa shape index (κ1) is 21.3. The normalized spacial score (nSPS) is 10.6. The number of nitrogens with zero attached hydrogens (tertiary/aromatic N) is 2. The lowest BCUT2D eigenvalue weighted by Crippen LogP contribution is -2.17. The summed E-state index contributed by atoms with van der Waals surface area (Å²) in [5.41, 5.74) is 3.56. The monoisotopic (exact) mass is 410 g/mol. The highest BCUT2D eigenvalue weighted by molar-refractivity contribution is 5.91. The highest BCUT2D eigenvalue weighted by Gasteiger charge is 2.12. The number of rotatable bonds is 11. The van der Waals surface area contributed by atoms with Crippen LogP contribution in [0.1, 0.15) is 31.2 Å². The summed E-state index contributed by atoms with van der Waals surface area (Å²) in [6.45, 7) is 1.14. The van der Waals surface area contributed by atoms with Crippen LogP contribution in [0.3, 0.4) is 0 Å². The largest absolute Gasteiger partial charge is 0.493 e. The van der Waals surface area contributed by atoms with E-state index >= 15 is 0 Å². The predicted octanol–water partition coefficient (Wildman–Crippen LogP) is 3.70. The summed E-state index contributed by atoms with van der Waals surface area (Å²) < 4.78 is 11.4. The molecule has 1 amide bonds. The number of unbranched alkanes of at least 4 members (excludes halogenated alkanes) is 2. The Labute approximate surface area is 175 Å². The van der Waals surface area contributed by atoms with Gasteiger partial charge in [0.25, 0.3) is 0 Å². The third-order valence-corrected chi connectivity index (χ3v) is 4.65. The summed E-state index contributed by atoms with van der Waals surface area (Å²) in [6.07, 6.45) is 4.11. The van der Waals surface area contributed by atoms with Crippen molar-refractivity contribution in [3.8, 4) is 11.5 Å². The van der Waals surface area contributed by atoms with Crippen molar-refractivity contribution in [1.29, 1.82) is 0 Å². The molecule has 30 heavy (non-hydrogen) atoms. The maximum Gasteiger partial charge on any atom is 0.243 e. The molecular formula is C22H26N4O4. The van der Waals surface area contributed by atoms with Crippen molar-refractivity contribution >= 4 is 22.6 Å². The summed E-state index contributed by atoms with van der Waals surface area (Å²) in [7, 11) is 1.59.